The number of hydrogen-bond acceptors (Lipinski definition) is 9. The highest BCUT2D eigenvalue weighted by atomic mass is 28.4. The zero-order valence-electron chi connectivity index (χ0n) is 22.1. The lowest BCUT2D eigenvalue weighted by Gasteiger charge is -2.37. The molecule has 10 heteroatoms. The molecule has 0 heterocycles. The predicted octanol–water partition coefficient (Wildman–Crippen LogP) is 3.94. The van der Waals surface area contributed by atoms with Crippen LogP contribution >= 0.6 is 0 Å². The van der Waals surface area contributed by atoms with E-state index in [1.54, 1.807) is 19.1 Å². The molecule has 0 aliphatic carbocycles. The van der Waals surface area contributed by atoms with Crippen LogP contribution in [0, 0.1) is 0 Å². The third-order valence-electron chi connectivity index (χ3n) is 5.71. The summed E-state index contributed by atoms with van der Waals surface area (Å²) in [6.45, 7) is 15.7. The SMILES string of the molecule is C[C@H](O[Si](C)(C)C(C)(C)C)C(=O)O[C@H](C)C(=O)O[C@H](C)C(=O)O[C@H](C)C(=O)OCc1ccccc1. The fourth-order valence-electron chi connectivity index (χ4n) is 2.47. The van der Waals surface area contributed by atoms with Gasteiger partial charge in [-0.05, 0) is 51.4 Å². The molecule has 0 bridgehead atoms. The summed E-state index contributed by atoms with van der Waals surface area (Å²) in [4.78, 5) is 49.0. The van der Waals surface area contributed by atoms with Crippen LogP contribution in [0.25, 0.3) is 0 Å². The summed E-state index contributed by atoms with van der Waals surface area (Å²) in [5, 5.41) is -0.104. The second-order valence-electron chi connectivity index (χ2n) is 9.85. The molecule has 0 radical (unpaired) electrons. The molecule has 0 unspecified atom stereocenters. The number of rotatable bonds is 11. The van der Waals surface area contributed by atoms with E-state index in [1.165, 1.54) is 20.8 Å². The maximum absolute atomic E-state index is 12.4. The number of hydrogen-bond donors (Lipinski definition) is 0. The first-order chi connectivity index (χ1) is 16.0. The van der Waals surface area contributed by atoms with E-state index in [0.717, 1.165) is 5.56 Å². The largest absolute Gasteiger partial charge is 0.458 e. The molecule has 0 amide bonds. The molecule has 4 atom stereocenters. The van der Waals surface area contributed by atoms with Gasteiger partial charge in [-0.25, -0.2) is 19.2 Å². The molecule has 1 rings (SSSR count). The standard InChI is InChI=1S/C25H38O9Si/c1-16(21(26)30-15-20-13-11-10-12-14-20)31-22(27)17(2)32-23(28)18(3)33-24(29)19(4)34-35(8,9)25(5,6)7/h10-14,16-19H,15H2,1-9H3/t16-,17-,18-,19+/m1/s1. The van der Waals surface area contributed by atoms with Crippen molar-refractivity contribution in [3.8, 4) is 0 Å². The highest BCUT2D eigenvalue weighted by Gasteiger charge is 2.40. The van der Waals surface area contributed by atoms with E-state index in [2.05, 4.69) is 0 Å². The molecule has 0 saturated carbocycles. The lowest BCUT2D eigenvalue weighted by Crippen LogP contribution is -2.46. The van der Waals surface area contributed by atoms with Gasteiger partial charge in [0, 0.05) is 0 Å². The van der Waals surface area contributed by atoms with Gasteiger partial charge in [0.1, 0.15) is 12.7 Å². The summed E-state index contributed by atoms with van der Waals surface area (Å²) in [5.74, 6) is -3.31. The molecule has 0 aromatic heterocycles. The van der Waals surface area contributed by atoms with Gasteiger partial charge in [0.2, 0.25) is 0 Å². The summed E-state index contributed by atoms with van der Waals surface area (Å²) in [6.07, 6.45) is -4.65. The highest BCUT2D eigenvalue weighted by Crippen LogP contribution is 2.37. The Morgan fingerprint density at radius 2 is 1.11 bits per heavy atom. The normalized spacial score (nSPS) is 15.2. The maximum Gasteiger partial charge on any atom is 0.347 e. The van der Waals surface area contributed by atoms with Gasteiger partial charge in [-0.2, -0.15) is 0 Å². The Morgan fingerprint density at radius 1 is 0.714 bits per heavy atom. The fourth-order valence-corrected chi connectivity index (χ4v) is 3.80. The van der Waals surface area contributed by atoms with Crippen molar-refractivity contribution >= 4 is 32.2 Å². The summed E-state index contributed by atoms with van der Waals surface area (Å²) in [6, 6.07) is 9.04. The average molecular weight is 511 g/mol. The zero-order valence-corrected chi connectivity index (χ0v) is 23.1. The van der Waals surface area contributed by atoms with E-state index in [0.29, 0.717) is 0 Å². The molecule has 0 spiro atoms. The van der Waals surface area contributed by atoms with Crippen molar-refractivity contribution in [3.05, 3.63) is 35.9 Å². The molecule has 1 aromatic rings. The predicted molar refractivity (Wildman–Crippen MR) is 131 cm³/mol. The van der Waals surface area contributed by atoms with E-state index < -0.39 is 56.6 Å². The Hall–Kier alpha value is -2.72. The van der Waals surface area contributed by atoms with Crippen molar-refractivity contribution < 1.29 is 42.6 Å². The molecule has 196 valence electrons. The third-order valence-corrected chi connectivity index (χ3v) is 10.3. The molecular formula is C25H38O9Si. The summed E-state index contributed by atoms with van der Waals surface area (Å²) < 4.78 is 26.3. The van der Waals surface area contributed by atoms with Crippen LogP contribution in [0.2, 0.25) is 18.1 Å². The Morgan fingerprint density at radius 3 is 1.54 bits per heavy atom. The Labute approximate surface area is 208 Å². The lowest BCUT2D eigenvalue weighted by molar-refractivity contribution is -0.183. The first-order valence-corrected chi connectivity index (χ1v) is 14.5. The van der Waals surface area contributed by atoms with Gasteiger partial charge in [0.05, 0.1) is 0 Å². The molecule has 1 aromatic carbocycles. The van der Waals surface area contributed by atoms with Gasteiger partial charge in [-0.3, -0.25) is 0 Å². The molecule has 0 aliphatic heterocycles. The van der Waals surface area contributed by atoms with Crippen molar-refractivity contribution in [2.75, 3.05) is 0 Å². The van der Waals surface area contributed by atoms with E-state index >= 15 is 0 Å². The topological polar surface area (TPSA) is 114 Å². The summed E-state index contributed by atoms with van der Waals surface area (Å²) in [7, 11) is -2.22. The first kappa shape index (κ1) is 30.3. The number of carbonyl (C=O) groups is 4. The van der Waals surface area contributed by atoms with Crippen molar-refractivity contribution in [2.45, 2.75) is 97.6 Å². The van der Waals surface area contributed by atoms with E-state index in [9.17, 15) is 19.2 Å². The van der Waals surface area contributed by atoms with Gasteiger partial charge in [0.15, 0.2) is 26.6 Å². The molecule has 0 saturated heterocycles. The minimum atomic E-state index is -2.22. The number of benzene rings is 1. The van der Waals surface area contributed by atoms with E-state index in [-0.39, 0.29) is 11.6 Å². The lowest BCUT2D eigenvalue weighted by atomic mass is 10.2. The number of carbonyl (C=O) groups excluding carboxylic acids is 4. The molecular weight excluding hydrogens is 472 g/mol. The monoisotopic (exact) mass is 510 g/mol. The van der Waals surface area contributed by atoms with Gasteiger partial charge >= 0.3 is 23.9 Å². The van der Waals surface area contributed by atoms with Crippen LogP contribution in [0.5, 0.6) is 0 Å². The quantitative estimate of drug-likeness (QED) is 0.248. The van der Waals surface area contributed by atoms with Crippen LogP contribution in [0.1, 0.15) is 54.0 Å². The Bertz CT molecular complexity index is 877. The summed E-state index contributed by atoms with van der Waals surface area (Å²) >= 11 is 0. The van der Waals surface area contributed by atoms with Gasteiger partial charge in [0.25, 0.3) is 0 Å². The van der Waals surface area contributed by atoms with Crippen LogP contribution in [-0.2, 0) is 49.2 Å². The molecule has 0 aliphatic rings. The molecule has 9 nitrogen and oxygen atoms in total. The van der Waals surface area contributed by atoms with Gasteiger partial charge in [-0.1, -0.05) is 51.1 Å². The molecule has 0 fully saturated rings. The van der Waals surface area contributed by atoms with Gasteiger partial charge in [-0.15, -0.1) is 0 Å². The molecule has 0 N–H and O–H groups in total. The van der Waals surface area contributed by atoms with E-state index in [1.807, 2.05) is 52.1 Å². The first-order valence-electron chi connectivity index (χ1n) is 11.5. The minimum absolute atomic E-state index is 0.0343. The van der Waals surface area contributed by atoms with Crippen LogP contribution in [0.15, 0.2) is 30.3 Å². The van der Waals surface area contributed by atoms with Crippen LogP contribution in [-0.4, -0.2) is 56.6 Å². The van der Waals surface area contributed by atoms with Crippen molar-refractivity contribution in [2.24, 2.45) is 0 Å². The maximum atomic E-state index is 12.4. The van der Waals surface area contributed by atoms with Crippen LogP contribution < -0.4 is 0 Å². The molecule has 35 heavy (non-hydrogen) atoms. The zero-order chi connectivity index (χ0) is 27.0. The van der Waals surface area contributed by atoms with Crippen molar-refractivity contribution in [3.63, 3.8) is 0 Å². The number of ether oxygens (including phenoxy) is 4. The second kappa shape index (κ2) is 12.8. The fraction of sp³-hybridized carbons (Fsp3) is 0.600. The van der Waals surface area contributed by atoms with Crippen LogP contribution in [0.4, 0.5) is 0 Å². The van der Waals surface area contributed by atoms with Crippen molar-refractivity contribution in [1.29, 1.82) is 0 Å². The Kier molecular flexibility index (Phi) is 11.1. The highest BCUT2D eigenvalue weighted by molar-refractivity contribution is 6.74. The number of esters is 4. The van der Waals surface area contributed by atoms with E-state index in [4.69, 9.17) is 23.4 Å². The smallest absolute Gasteiger partial charge is 0.347 e. The third kappa shape index (κ3) is 9.81. The minimum Gasteiger partial charge on any atom is -0.458 e. The van der Waals surface area contributed by atoms with Gasteiger partial charge < -0.3 is 23.4 Å². The summed E-state index contributed by atoms with van der Waals surface area (Å²) in [5.41, 5.74) is 0.786. The second-order valence-corrected chi connectivity index (χ2v) is 14.6. The Balaban J connectivity index is 2.51. The van der Waals surface area contributed by atoms with Crippen LogP contribution in [0.3, 0.4) is 0 Å². The van der Waals surface area contributed by atoms with Crippen molar-refractivity contribution in [1.82, 2.24) is 0 Å². The average Bonchev–Trinajstić information content (AvgIpc) is 2.76.